The molecule has 6 rings (SSSR count). The first-order valence-corrected chi connectivity index (χ1v) is 15.5. The van der Waals surface area contributed by atoms with E-state index >= 15 is 0 Å². The molecule has 0 aliphatic rings. The molecule has 0 radical (unpaired) electrons. The van der Waals surface area contributed by atoms with Crippen LogP contribution in [0.3, 0.4) is 0 Å². The fraction of sp³-hybridized carbons (Fsp3) is 0.200. The lowest BCUT2D eigenvalue weighted by Gasteiger charge is -2.11. The minimum absolute atomic E-state index is 0.0681. The normalized spacial score (nSPS) is 10.9. The molecule has 6 aromatic rings. The van der Waals surface area contributed by atoms with Crippen molar-refractivity contribution in [3.05, 3.63) is 93.0 Å². The van der Waals surface area contributed by atoms with E-state index in [1.807, 2.05) is 13.8 Å². The number of fused-ring (bicyclic) bond motifs is 2. The van der Waals surface area contributed by atoms with Gasteiger partial charge in [-0.05, 0) is 68.3 Å². The summed E-state index contributed by atoms with van der Waals surface area (Å²) in [6.07, 6.45) is 3.51. The first-order valence-electron chi connectivity index (χ1n) is 14.7. The predicted octanol–water partition coefficient (Wildman–Crippen LogP) is 8.64. The van der Waals surface area contributed by atoms with Gasteiger partial charge < -0.3 is 28.9 Å². The van der Waals surface area contributed by atoms with Crippen LogP contribution in [0.4, 0.5) is 8.78 Å². The van der Waals surface area contributed by atoms with Crippen LogP contribution in [0.5, 0.6) is 11.5 Å². The lowest BCUT2D eigenvalue weighted by molar-refractivity contribution is 0.0521. The molecule has 0 aliphatic carbocycles. The maximum atomic E-state index is 14.7. The molecule has 4 heterocycles. The van der Waals surface area contributed by atoms with Gasteiger partial charge in [0.05, 0.1) is 60.4 Å². The number of carbonyl (C=O) groups is 2. The van der Waals surface area contributed by atoms with E-state index in [0.29, 0.717) is 21.8 Å². The average molecular weight is 712 g/mol. The molecule has 0 atom stereocenters. The molecule has 0 saturated carbocycles. The quantitative estimate of drug-likeness (QED) is 0.158. The molecular weight excluding hydrogens is 681 g/mol. The van der Waals surface area contributed by atoms with Crippen LogP contribution in [0.15, 0.2) is 48.8 Å². The molecule has 4 aromatic heterocycles. The number of halogens is 4. The van der Waals surface area contributed by atoms with Gasteiger partial charge in [-0.3, -0.25) is 0 Å². The Morgan fingerprint density at radius 3 is 1.55 bits per heavy atom. The van der Waals surface area contributed by atoms with Crippen LogP contribution in [-0.2, 0) is 9.47 Å². The zero-order valence-corrected chi connectivity index (χ0v) is 28.7. The van der Waals surface area contributed by atoms with E-state index in [1.165, 1.54) is 45.6 Å². The molecule has 0 bridgehead atoms. The molecule has 0 unspecified atom stereocenters. The van der Waals surface area contributed by atoms with Crippen molar-refractivity contribution in [2.45, 2.75) is 20.8 Å². The van der Waals surface area contributed by atoms with Gasteiger partial charge in [0.15, 0.2) is 34.5 Å². The Labute approximate surface area is 289 Å². The van der Waals surface area contributed by atoms with E-state index in [1.54, 1.807) is 31.5 Å². The Balaban J connectivity index is 0.000000191. The average Bonchev–Trinajstić information content (AvgIpc) is 3.66. The molecule has 14 heteroatoms. The van der Waals surface area contributed by atoms with Crippen molar-refractivity contribution >= 4 is 56.9 Å². The van der Waals surface area contributed by atoms with Crippen LogP contribution in [0.25, 0.3) is 44.3 Å². The number of hydrogen-bond acceptors (Lipinski definition) is 8. The number of H-pyrrole nitrogens is 2. The number of benzene rings is 2. The van der Waals surface area contributed by atoms with Crippen LogP contribution in [-0.4, -0.2) is 59.8 Å². The summed E-state index contributed by atoms with van der Waals surface area (Å²) in [6, 6.07) is 9.37. The number of rotatable bonds is 7. The maximum absolute atomic E-state index is 14.7. The Morgan fingerprint density at radius 1 is 0.735 bits per heavy atom. The zero-order valence-electron chi connectivity index (χ0n) is 27.2. The number of methoxy groups -OCH3 is 3. The highest BCUT2D eigenvalue weighted by atomic mass is 35.5. The van der Waals surface area contributed by atoms with Crippen LogP contribution in [0, 0.1) is 25.5 Å². The van der Waals surface area contributed by atoms with Crippen LogP contribution < -0.4 is 9.47 Å². The highest BCUT2D eigenvalue weighted by Gasteiger charge is 2.23. The van der Waals surface area contributed by atoms with E-state index in [2.05, 4.69) is 19.9 Å². The van der Waals surface area contributed by atoms with Crippen molar-refractivity contribution in [1.29, 1.82) is 0 Å². The maximum Gasteiger partial charge on any atom is 0.357 e. The first kappa shape index (κ1) is 35.1. The third-order valence-corrected chi connectivity index (χ3v) is 8.22. The summed E-state index contributed by atoms with van der Waals surface area (Å²) in [4.78, 5) is 39.2. The Morgan fingerprint density at radius 2 is 1.16 bits per heavy atom. The molecule has 10 nitrogen and oxygen atoms in total. The lowest BCUT2D eigenvalue weighted by Crippen LogP contribution is -2.09. The minimum Gasteiger partial charge on any atom is -0.492 e. The van der Waals surface area contributed by atoms with E-state index in [-0.39, 0.29) is 62.1 Å². The summed E-state index contributed by atoms with van der Waals surface area (Å²) in [5.41, 5.74) is 4.20. The van der Waals surface area contributed by atoms with Crippen molar-refractivity contribution in [2.24, 2.45) is 0 Å². The number of esters is 2. The number of pyridine rings is 2. The van der Waals surface area contributed by atoms with Crippen LogP contribution >= 0.6 is 23.2 Å². The number of nitrogens with zero attached hydrogens (tertiary/aromatic N) is 2. The summed E-state index contributed by atoms with van der Waals surface area (Å²) in [5.74, 6) is -2.57. The summed E-state index contributed by atoms with van der Waals surface area (Å²) >= 11 is 11.9. The van der Waals surface area contributed by atoms with Gasteiger partial charge in [0.2, 0.25) is 0 Å². The lowest BCUT2D eigenvalue weighted by atomic mass is 10.1. The van der Waals surface area contributed by atoms with Gasteiger partial charge in [0, 0.05) is 34.3 Å². The molecule has 0 aliphatic heterocycles. The van der Waals surface area contributed by atoms with Gasteiger partial charge in [0.1, 0.15) is 0 Å². The smallest absolute Gasteiger partial charge is 0.357 e. The second-order valence-corrected chi connectivity index (χ2v) is 11.4. The summed E-state index contributed by atoms with van der Waals surface area (Å²) in [5, 5.41) is 1.62. The fourth-order valence-corrected chi connectivity index (χ4v) is 5.78. The van der Waals surface area contributed by atoms with Gasteiger partial charge in [-0.1, -0.05) is 23.2 Å². The Kier molecular flexibility index (Phi) is 10.4. The van der Waals surface area contributed by atoms with Gasteiger partial charge in [-0.2, -0.15) is 0 Å². The van der Waals surface area contributed by atoms with E-state index in [0.717, 1.165) is 11.1 Å². The van der Waals surface area contributed by atoms with Gasteiger partial charge in [-0.15, -0.1) is 0 Å². The second-order valence-electron chi connectivity index (χ2n) is 10.6. The number of hydrogen-bond donors (Lipinski definition) is 2. The van der Waals surface area contributed by atoms with Crippen molar-refractivity contribution in [3.63, 3.8) is 0 Å². The van der Waals surface area contributed by atoms with Crippen molar-refractivity contribution in [2.75, 3.05) is 27.9 Å². The first-order chi connectivity index (χ1) is 23.4. The minimum atomic E-state index is -0.643. The Bertz CT molecular complexity index is 2230. The number of aryl methyl sites for hydroxylation is 2. The number of aromatic amines is 2. The van der Waals surface area contributed by atoms with Gasteiger partial charge in [0.25, 0.3) is 0 Å². The molecule has 49 heavy (non-hydrogen) atoms. The van der Waals surface area contributed by atoms with Crippen LogP contribution in [0.2, 0.25) is 10.0 Å². The third-order valence-electron chi connectivity index (χ3n) is 7.62. The number of nitrogens with one attached hydrogen (secondary N) is 2. The molecular formula is C35H30Cl2F2N4O6. The largest absolute Gasteiger partial charge is 0.492 e. The van der Waals surface area contributed by atoms with Crippen LogP contribution in [0.1, 0.15) is 39.0 Å². The number of aromatic nitrogens is 4. The van der Waals surface area contributed by atoms with Crippen molar-refractivity contribution < 1.29 is 37.3 Å². The molecule has 2 N–H and O–H groups in total. The molecule has 0 fully saturated rings. The van der Waals surface area contributed by atoms with Gasteiger partial charge in [-0.25, -0.2) is 28.3 Å². The van der Waals surface area contributed by atoms with E-state index < -0.39 is 23.6 Å². The Hall–Kier alpha value is -5.20. The zero-order chi connectivity index (χ0) is 35.6. The fourth-order valence-electron chi connectivity index (χ4n) is 5.33. The third kappa shape index (κ3) is 6.61. The predicted molar refractivity (Wildman–Crippen MR) is 183 cm³/mol. The van der Waals surface area contributed by atoms with Crippen molar-refractivity contribution in [3.8, 4) is 34.0 Å². The molecule has 0 spiro atoms. The summed E-state index contributed by atoms with van der Waals surface area (Å²) in [7, 11) is 3.94. The van der Waals surface area contributed by atoms with Crippen molar-refractivity contribution in [1.82, 2.24) is 19.9 Å². The topological polar surface area (TPSA) is 128 Å². The number of carbonyl (C=O) groups excluding carboxylic acids is 2. The SMILES string of the molecule is CCOC(=O)c1nc(-c2ccc(Cl)c(OC)c2F)cc2[nH]cc(C)c12.COC(=O)c1nc(-c2ccc(Cl)c(OC)c2F)cc2[nH]cc(C)c12. The van der Waals surface area contributed by atoms with E-state index in [4.69, 9.17) is 42.1 Å². The standard InChI is InChI=1S/C18H16ClFN2O3.C17H14ClFN2O3/c1-4-25-18(23)16-14-9(2)8-21-13(14)7-12(22-16)10-5-6-11(19)17(24-3)15(10)20;1-8-7-20-12-6-11(21-15(13(8)12)17(22)24-3)9-4-5-10(18)16(23-2)14(9)19/h5-8,21H,4H2,1-3H3;4-7,20H,1-3H3. The molecule has 254 valence electrons. The summed E-state index contributed by atoms with van der Waals surface area (Å²) < 4.78 is 49.3. The highest BCUT2D eigenvalue weighted by Crippen LogP contribution is 2.37. The van der Waals surface area contributed by atoms with Gasteiger partial charge >= 0.3 is 11.9 Å². The monoisotopic (exact) mass is 710 g/mol. The second kappa shape index (κ2) is 14.5. The molecule has 0 saturated heterocycles. The van der Waals surface area contributed by atoms with E-state index in [9.17, 15) is 18.4 Å². The number of ether oxygens (including phenoxy) is 4. The highest BCUT2D eigenvalue weighted by molar-refractivity contribution is 6.32. The summed E-state index contributed by atoms with van der Waals surface area (Å²) in [6.45, 7) is 5.64. The molecule has 0 amide bonds. The molecule has 2 aromatic carbocycles.